The number of hydrogen-bond acceptors (Lipinski definition) is 6. The minimum atomic E-state index is -2.60. The maximum absolute atomic E-state index is 5.97. The normalized spacial score (nSPS) is 13.4. The summed E-state index contributed by atoms with van der Waals surface area (Å²) in [5.74, 6) is 0. The minimum absolute atomic E-state index is 0.609. The van der Waals surface area contributed by atoms with Crippen molar-refractivity contribution >= 4 is 28.5 Å². The Labute approximate surface area is 223 Å². The van der Waals surface area contributed by atoms with Gasteiger partial charge in [-0.2, -0.15) is 0 Å². The highest BCUT2D eigenvalue weighted by molar-refractivity contribution is 6.71. The Morgan fingerprint density at radius 2 is 1.00 bits per heavy atom. The molecule has 0 saturated carbocycles. The van der Waals surface area contributed by atoms with Crippen molar-refractivity contribution in [3.63, 3.8) is 0 Å². The van der Waals surface area contributed by atoms with Gasteiger partial charge < -0.3 is 17.7 Å². The average molecular weight is 537 g/mol. The van der Waals surface area contributed by atoms with Crippen LogP contribution in [0.3, 0.4) is 0 Å². The Morgan fingerprint density at radius 3 is 1.36 bits per heavy atom. The fraction of sp³-hybridized carbons (Fsp3) is 0.714. The fourth-order valence-electron chi connectivity index (χ4n) is 4.36. The van der Waals surface area contributed by atoms with E-state index in [1.165, 1.54) is 16.8 Å². The van der Waals surface area contributed by atoms with Gasteiger partial charge in [0.2, 0.25) is 0 Å². The topological polar surface area (TPSA) is 61.6 Å². The number of rotatable bonds is 20. The van der Waals surface area contributed by atoms with Crippen molar-refractivity contribution in [2.45, 2.75) is 92.4 Å². The smallest absolute Gasteiger partial charge is 0.418 e. The molecular formula is C28H52N2O4Si2. The Hall–Kier alpha value is -1.17. The lowest BCUT2D eigenvalue weighted by Gasteiger charge is -2.28. The first kappa shape index (κ1) is 32.9. The first-order valence-corrected chi connectivity index (χ1v) is 19.1. The number of aliphatic imine (C=N–C) groups is 2. The second kappa shape index (κ2) is 18.1. The second-order valence-corrected chi connectivity index (χ2v) is 16.4. The minimum Gasteiger partial charge on any atom is -0.418 e. The van der Waals surface area contributed by atoms with Gasteiger partial charge in [0, 0.05) is 57.0 Å². The van der Waals surface area contributed by atoms with E-state index in [1.54, 1.807) is 0 Å². The standard InChI is InChI=1S/C28H52N2O4Si2/c1-9-27(29-21-15-23-35(7,8)31-11-3)25-17-19-26(20-18-25)28(10-2)30-22-16-24-36(32-12-4,33-13-5)34-14-6/h17-20H,9-16,21-24H2,1-8H3/b29-27+,30-28+. The molecule has 0 radical (unpaired) electrons. The van der Waals surface area contributed by atoms with E-state index in [0.717, 1.165) is 63.2 Å². The monoisotopic (exact) mass is 536 g/mol. The third kappa shape index (κ3) is 11.9. The highest BCUT2D eigenvalue weighted by Gasteiger charge is 2.39. The highest BCUT2D eigenvalue weighted by Crippen LogP contribution is 2.19. The van der Waals surface area contributed by atoms with E-state index in [0.29, 0.717) is 19.8 Å². The van der Waals surface area contributed by atoms with Gasteiger partial charge in [-0.25, -0.2) is 0 Å². The van der Waals surface area contributed by atoms with Crippen LogP contribution in [-0.2, 0) is 17.7 Å². The summed E-state index contributed by atoms with van der Waals surface area (Å²) in [7, 11) is -4.13. The fourth-order valence-corrected chi connectivity index (χ4v) is 8.89. The van der Waals surface area contributed by atoms with Crippen LogP contribution in [-0.4, -0.2) is 68.1 Å². The molecule has 0 heterocycles. The second-order valence-electron chi connectivity index (χ2n) is 9.32. The summed E-state index contributed by atoms with van der Waals surface area (Å²) in [6, 6.07) is 10.7. The molecule has 1 aromatic rings. The molecule has 36 heavy (non-hydrogen) atoms. The third-order valence-electron chi connectivity index (χ3n) is 6.03. The maximum atomic E-state index is 5.97. The van der Waals surface area contributed by atoms with Gasteiger partial charge in [-0.15, -0.1) is 0 Å². The van der Waals surface area contributed by atoms with Crippen LogP contribution in [0, 0.1) is 0 Å². The lowest BCUT2D eigenvalue weighted by atomic mass is 10.0. The van der Waals surface area contributed by atoms with Crippen LogP contribution < -0.4 is 0 Å². The van der Waals surface area contributed by atoms with Crippen LogP contribution in [0.15, 0.2) is 34.3 Å². The predicted octanol–water partition coefficient (Wildman–Crippen LogP) is 7.16. The molecule has 0 N–H and O–H groups in total. The number of hydrogen-bond donors (Lipinski definition) is 0. The van der Waals surface area contributed by atoms with Crippen molar-refractivity contribution in [2.24, 2.45) is 9.98 Å². The molecule has 0 unspecified atom stereocenters. The highest BCUT2D eigenvalue weighted by atomic mass is 28.4. The van der Waals surface area contributed by atoms with E-state index in [1.807, 2.05) is 20.8 Å². The molecule has 1 aromatic carbocycles. The Kier molecular flexibility index (Phi) is 16.6. The summed E-state index contributed by atoms with van der Waals surface area (Å²) in [4.78, 5) is 9.84. The summed E-state index contributed by atoms with van der Waals surface area (Å²) in [5.41, 5.74) is 4.70. The average Bonchev–Trinajstić information content (AvgIpc) is 2.85. The van der Waals surface area contributed by atoms with Gasteiger partial charge in [0.15, 0.2) is 8.32 Å². The summed E-state index contributed by atoms with van der Waals surface area (Å²) in [5, 5.41) is 0. The molecule has 0 aliphatic heterocycles. The van der Waals surface area contributed by atoms with E-state index in [-0.39, 0.29) is 0 Å². The van der Waals surface area contributed by atoms with Gasteiger partial charge in [-0.1, -0.05) is 38.1 Å². The molecule has 0 aromatic heterocycles. The summed E-state index contributed by atoms with van der Waals surface area (Å²) >= 11 is 0. The van der Waals surface area contributed by atoms with Crippen molar-refractivity contribution in [3.05, 3.63) is 35.4 Å². The molecule has 0 aliphatic carbocycles. The van der Waals surface area contributed by atoms with Gasteiger partial charge in [-0.05, 0) is 83.6 Å². The van der Waals surface area contributed by atoms with Crippen LogP contribution in [0.1, 0.15) is 78.4 Å². The van der Waals surface area contributed by atoms with Gasteiger partial charge >= 0.3 is 8.80 Å². The van der Waals surface area contributed by atoms with Crippen LogP contribution in [0.4, 0.5) is 0 Å². The van der Waals surface area contributed by atoms with E-state index in [4.69, 9.17) is 27.7 Å². The molecule has 0 spiro atoms. The van der Waals surface area contributed by atoms with Crippen LogP contribution in [0.2, 0.25) is 25.2 Å². The van der Waals surface area contributed by atoms with Gasteiger partial charge in [0.25, 0.3) is 0 Å². The predicted molar refractivity (Wildman–Crippen MR) is 158 cm³/mol. The lowest BCUT2D eigenvalue weighted by molar-refractivity contribution is 0.0710. The van der Waals surface area contributed by atoms with E-state index in [9.17, 15) is 0 Å². The van der Waals surface area contributed by atoms with Crippen molar-refractivity contribution in [2.75, 3.05) is 39.5 Å². The van der Waals surface area contributed by atoms with Crippen molar-refractivity contribution in [3.8, 4) is 0 Å². The SMILES string of the molecule is CCO[Si](C)(C)CCC/N=C(\CC)c1ccc(/C(CC)=N/CCC[Si](OCC)(OCC)OCC)cc1. The zero-order chi connectivity index (χ0) is 26.9. The van der Waals surface area contributed by atoms with Crippen LogP contribution in [0.25, 0.3) is 0 Å². The molecule has 8 heteroatoms. The Bertz CT molecular complexity index is 765. The molecule has 0 bridgehead atoms. The first-order chi connectivity index (χ1) is 17.3. The molecule has 1 rings (SSSR count). The quantitative estimate of drug-likeness (QED) is 0.101. The molecule has 0 fully saturated rings. The molecular weight excluding hydrogens is 484 g/mol. The van der Waals surface area contributed by atoms with Gasteiger partial charge in [-0.3, -0.25) is 9.98 Å². The zero-order valence-corrected chi connectivity index (χ0v) is 26.3. The largest absolute Gasteiger partial charge is 0.500 e. The molecule has 6 nitrogen and oxygen atoms in total. The van der Waals surface area contributed by atoms with Gasteiger partial charge in [0.1, 0.15) is 0 Å². The van der Waals surface area contributed by atoms with E-state index < -0.39 is 17.1 Å². The molecule has 0 atom stereocenters. The lowest BCUT2D eigenvalue weighted by Crippen LogP contribution is -2.46. The first-order valence-electron chi connectivity index (χ1n) is 14.0. The molecule has 206 valence electrons. The summed E-state index contributed by atoms with van der Waals surface area (Å²) < 4.78 is 23.8. The van der Waals surface area contributed by atoms with E-state index >= 15 is 0 Å². The number of benzene rings is 1. The van der Waals surface area contributed by atoms with Crippen LogP contribution >= 0.6 is 0 Å². The van der Waals surface area contributed by atoms with Gasteiger partial charge in [0.05, 0.1) is 0 Å². The van der Waals surface area contributed by atoms with Crippen molar-refractivity contribution in [1.29, 1.82) is 0 Å². The van der Waals surface area contributed by atoms with E-state index in [2.05, 4.69) is 58.1 Å². The molecule has 0 saturated heterocycles. The molecule has 0 aliphatic rings. The Balaban J connectivity index is 2.76. The maximum Gasteiger partial charge on any atom is 0.500 e. The summed E-state index contributed by atoms with van der Waals surface area (Å²) in [6.07, 6.45) is 3.82. The van der Waals surface area contributed by atoms with Crippen molar-refractivity contribution in [1.82, 2.24) is 0 Å². The zero-order valence-electron chi connectivity index (χ0n) is 24.3. The summed E-state index contributed by atoms with van der Waals surface area (Å²) in [6.45, 7) is 21.3. The molecule has 0 amide bonds. The van der Waals surface area contributed by atoms with Crippen LogP contribution in [0.5, 0.6) is 0 Å². The van der Waals surface area contributed by atoms with Crippen molar-refractivity contribution < 1.29 is 17.7 Å². The number of nitrogens with zero attached hydrogens (tertiary/aromatic N) is 2. The third-order valence-corrected chi connectivity index (χ3v) is 11.8. The Morgan fingerprint density at radius 1 is 0.611 bits per heavy atom.